The van der Waals surface area contributed by atoms with Crippen LogP contribution in [0.15, 0.2) is 18.5 Å². The molecule has 1 aromatic rings. The van der Waals surface area contributed by atoms with E-state index in [1.165, 1.54) is 0 Å². The zero-order chi connectivity index (χ0) is 11.5. The minimum atomic E-state index is 0. The van der Waals surface area contributed by atoms with Gasteiger partial charge in [0.1, 0.15) is 0 Å². The van der Waals surface area contributed by atoms with Gasteiger partial charge in [-0.15, -0.1) is 12.4 Å². The Labute approximate surface area is 108 Å². The number of pyridine rings is 1. The normalized spacial score (nSPS) is 22.9. The third-order valence-electron chi connectivity index (χ3n) is 3.00. The number of anilines is 1. The maximum Gasteiger partial charge on any atom is 0.229 e. The number of nitrogens with one attached hydrogen (secondary N) is 2. The SMILES string of the molecule is Cc1cncc(NC(=O)[C@@H]2CNC[C@H]2C)c1.Cl. The first-order valence-corrected chi connectivity index (χ1v) is 5.60. The van der Waals surface area contributed by atoms with Gasteiger partial charge in [-0.05, 0) is 31.0 Å². The van der Waals surface area contributed by atoms with Gasteiger partial charge in [-0.1, -0.05) is 6.92 Å². The van der Waals surface area contributed by atoms with Crippen molar-refractivity contribution in [2.75, 3.05) is 18.4 Å². The van der Waals surface area contributed by atoms with Crippen LogP contribution in [-0.4, -0.2) is 24.0 Å². The molecule has 0 bridgehead atoms. The molecular weight excluding hydrogens is 238 g/mol. The number of amides is 1. The lowest BCUT2D eigenvalue weighted by Gasteiger charge is -2.14. The summed E-state index contributed by atoms with van der Waals surface area (Å²) in [5.74, 6) is 0.559. The summed E-state index contributed by atoms with van der Waals surface area (Å²) in [6.45, 7) is 5.75. The van der Waals surface area contributed by atoms with Gasteiger partial charge >= 0.3 is 0 Å². The molecule has 0 unspecified atom stereocenters. The van der Waals surface area contributed by atoms with Crippen LogP contribution >= 0.6 is 12.4 Å². The zero-order valence-electron chi connectivity index (χ0n) is 10.1. The fourth-order valence-electron chi connectivity index (χ4n) is 2.02. The first-order valence-electron chi connectivity index (χ1n) is 5.60. The molecule has 1 fully saturated rings. The molecular formula is C12H18ClN3O. The van der Waals surface area contributed by atoms with Gasteiger partial charge in [-0.2, -0.15) is 0 Å². The van der Waals surface area contributed by atoms with Gasteiger partial charge in [-0.25, -0.2) is 0 Å². The Balaban J connectivity index is 0.00000144. The van der Waals surface area contributed by atoms with E-state index in [0.29, 0.717) is 5.92 Å². The molecule has 0 spiro atoms. The Morgan fingerprint density at radius 3 is 2.82 bits per heavy atom. The second kappa shape index (κ2) is 5.98. The van der Waals surface area contributed by atoms with E-state index in [9.17, 15) is 4.79 Å². The molecule has 1 aliphatic rings. The molecule has 17 heavy (non-hydrogen) atoms. The number of carbonyl (C=O) groups is 1. The molecule has 0 saturated carbocycles. The van der Waals surface area contributed by atoms with Crippen LogP contribution in [0.4, 0.5) is 5.69 Å². The smallest absolute Gasteiger partial charge is 0.229 e. The van der Waals surface area contributed by atoms with E-state index in [2.05, 4.69) is 22.5 Å². The Morgan fingerprint density at radius 1 is 1.47 bits per heavy atom. The molecule has 2 rings (SSSR count). The summed E-state index contributed by atoms with van der Waals surface area (Å²) in [6.07, 6.45) is 3.45. The number of rotatable bonds is 2. The standard InChI is InChI=1S/C12H17N3O.ClH/c1-8-3-10(6-13-4-8)15-12(16)11-7-14-5-9(11)2;/h3-4,6,9,11,14H,5,7H2,1-2H3,(H,15,16);1H/t9-,11-;/m1./s1. The summed E-state index contributed by atoms with van der Waals surface area (Å²) in [6, 6.07) is 1.93. The topological polar surface area (TPSA) is 54.0 Å². The lowest BCUT2D eigenvalue weighted by molar-refractivity contribution is -0.120. The van der Waals surface area contributed by atoms with Crippen LogP contribution in [-0.2, 0) is 4.79 Å². The molecule has 0 aliphatic carbocycles. The van der Waals surface area contributed by atoms with Crippen LogP contribution in [0.2, 0.25) is 0 Å². The number of aromatic nitrogens is 1. The van der Waals surface area contributed by atoms with Gasteiger partial charge in [0.2, 0.25) is 5.91 Å². The van der Waals surface area contributed by atoms with Gasteiger partial charge in [0, 0.05) is 12.7 Å². The number of halogens is 1. The molecule has 2 N–H and O–H groups in total. The minimum Gasteiger partial charge on any atom is -0.324 e. The van der Waals surface area contributed by atoms with Crippen LogP contribution in [0.3, 0.4) is 0 Å². The summed E-state index contributed by atoms with van der Waals surface area (Å²) in [4.78, 5) is 16.0. The van der Waals surface area contributed by atoms with E-state index >= 15 is 0 Å². The van der Waals surface area contributed by atoms with Crippen molar-refractivity contribution in [2.45, 2.75) is 13.8 Å². The Kier molecular flexibility index (Phi) is 4.90. The number of hydrogen-bond donors (Lipinski definition) is 2. The molecule has 0 aromatic carbocycles. The van der Waals surface area contributed by atoms with E-state index in [1.807, 2.05) is 13.0 Å². The van der Waals surface area contributed by atoms with Crippen molar-refractivity contribution in [1.82, 2.24) is 10.3 Å². The van der Waals surface area contributed by atoms with E-state index in [4.69, 9.17) is 0 Å². The first kappa shape index (κ1) is 13.9. The monoisotopic (exact) mass is 255 g/mol. The molecule has 1 saturated heterocycles. The molecule has 1 aromatic heterocycles. The van der Waals surface area contributed by atoms with Crippen molar-refractivity contribution in [3.8, 4) is 0 Å². The Morgan fingerprint density at radius 2 is 2.24 bits per heavy atom. The van der Waals surface area contributed by atoms with E-state index in [-0.39, 0.29) is 24.2 Å². The third-order valence-corrected chi connectivity index (χ3v) is 3.00. The van der Waals surface area contributed by atoms with Gasteiger partial charge in [0.15, 0.2) is 0 Å². The molecule has 2 atom stereocenters. The van der Waals surface area contributed by atoms with Crippen LogP contribution in [0.25, 0.3) is 0 Å². The number of hydrogen-bond acceptors (Lipinski definition) is 3. The number of nitrogens with zero attached hydrogens (tertiary/aromatic N) is 1. The van der Waals surface area contributed by atoms with Crippen molar-refractivity contribution < 1.29 is 4.79 Å². The highest BCUT2D eigenvalue weighted by Gasteiger charge is 2.29. The molecule has 94 valence electrons. The summed E-state index contributed by atoms with van der Waals surface area (Å²) in [5.41, 5.74) is 1.83. The van der Waals surface area contributed by atoms with E-state index in [0.717, 1.165) is 24.3 Å². The van der Waals surface area contributed by atoms with Gasteiger partial charge in [0.05, 0.1) is 17.8 Å². The third kappa shape index (κ3) is 3.41. The van der Waals surface area contributed by atoms with Crippen molar-refractivity contribution in [1.29, 1.82) is 0 Å². The summed E-state index contributed by atoms with van der Waals surface area (Å²) in [7, 11) is 0. The van der Waals surface area contributed by atoms with Gasteiger partial charge in [-0.3, -0.25) is 9.78 Å². The predicted molar refractivity (Wildman–Crippen MR) is 70.4 cm³/mol. The van der Waals surface area contributed by atoms with E-state index < -0.39 is 0 Å². The highest BCUT2D eigenvalue weighted by Crippen LogP contribution is 2.18. The van der Waals surface area contributed by atoms with Crippen LogP contribution in [0.5, 0.6) is 0 Å². The van der Waals surface area contributed by atoms with Crippen molar-refractivity contribution in [2.24, 2.45) is 11.8 Å². The van der Waals surface area contributed by atoms with Gasteiger partial charge in [0.25, 0.3) is 0 Å². The lowest BCUT2D eigenvalue weighted by Crippen LogP contribution is -2.27. The molecule has 5 heteroatoms. The quantitative estimate of drug-likeness (QED) is 0.844. The molecule has 2 heterocycles. The van der Waals surface area contributed by atoms with Crippen LogP contribution in [0.1, 0.15) is 12.5 Å². The maximum atomic E-state index is 12.0. The fraction of sp³-hybridized carbons (Fsp3) is 0.500. The molecule has 0 radical (unpaired) electrons. The predicted octanol–water partition coefficient (Wildman–Crippen LogP) is 1.61. The Bertz CT molecular complexity index is 397. The molecule has 1 aliphatic heterocycles. The highest BCUT2D eigenvalue weighted by molar-refractivity contribution is 5.93. The van der Waals surface area contributed by atoms with Crippen molar-refractivity contribution >= 4 is 24.0 Å². The zero-order valence-corrected chi connectivity index (χ0v) is 10.9. The minimum absolute atomic E-state index is 0. The summed E-state index contributed by atoms with van der Waals surface area (Å²) < 4.78 is 0. The van der Waals surface area contributed by atoms with Crippen molar-refractivity contribution in [3.63, 3.8) is 0 Å². The second-order valence-corrected chi connectivity index (χ2v) is 4.48. The summed E-state index contributed by atoms with van der Waals surface area (Å²) in [5, 5.41) is 6.14. The number of aryl methyl sites for hydroxylation is 1. The van der Waals surface area contributed by atoms with Gasteiger partial charge < -0.3 is 10.6 Å². The molecule has 1 amide bonds. The summed E-state index contributed by atoms with van der Waals surface area (Å²) >= 11 is 0. The number of carbonyl (C=O) groups excluding carboxylic acids is 1. The average molecular weight is 256 g/mol. The highest BCUT2D eigenvalue weighted by atomic mass is 35.5. The van der Waals surface area contributed by atoms with E-state index in [1.54, 1.807) is 12.4 Å². The second-order valence-electron chi connectivity index (χ2n) is 4.48. The fourth-order valence-corrected chi connectivity index (χ4v) is 2.02. The van der Waals surface area contributed by atoms with Crippen LogP contribution in [0, 0.1) is 18.8 Å². The van der Waals surface area contributed by atoms with Crippen molar-refractivity contribution in [3.05, 3.63) is 24.0 Å². The Hall–Kier alpha value is -1.13. The first-order chi connectivity index (χ1) is 7.66. The average Bonchev–Trinajstić information content (AvgIpc) is 2.64. The van der Waals surface area contributed by atoms with Crippen LogP contribution < -0.4 is 10.6 Å². The lowest BCUT2D eigenvalue weighted by atomic mass is 9.97. The largest absolute Gasteiger partial charge is 0.324 e. The maximum absolute atomic E-state index is 12.0. The molecule has 4 nitrogen and oxygen atoms in total.